The molecule has 0 spiro atoms. The van der Waals surface area contributed by atoms with E-state index < -0.39 is 0 Å². The maximum Gasteiger partial charge on any atom is 0.225 e. The maximum atomic E-state index is 11.1. The van der Waals surface area contributed by atoms with Gasteiger partial charge in [0.1, 0.15) is 0 Å². The van der Waals surface area contributed by atoms with Crippen LogP contribution in [-0.2, 0) is 9.59 Å². The van der Waals surface area contributed by atoms with Gasteiger partial charge in [0.2, 0.25) is 11.8 Å². The number of hydrogen-bond donors (Lipinski definition) is 0. The normalized spacial score (nSPS) is 29.2. The minimum atomic E-state index is 0.267. The number of carbonyl (C=O) groups is 2. The molecule has 0 N–H and O–H groups in total. The summed E-state index contributed by atoms with van der Waals surface area (Å²) in [6.07, 6.45) is 3.28. The number of carbonyl (C=O) groups excluding carboxylic acids is 2. The van der Waals surface area contributed by atoms with Crippen LogP contribution in [0.1, 0.15) is 33.1 Å². The molecule has 0 aromatic carbocycles. The lowest BCUT2D eigenvalue weighted by atomic mass is 10.0. The van der Waals surface area contributed by atoms with Crippen LogP contribution in [0.3, 0.4) is 0 Å². The summed E-state index contributed by atoms with van der Waals surface area (Å²) in [5.41, 5.74) is 0. The molecule has 4 heteroatoms. The van der Waals surface area contributed by atoms with Crippen molar-refractivity contribution >= 4 is 11.8 Å². The Labute approximate surface area is 104 Å². The fourth-order valence-electron chi connectivity index (χ4n) is 2.24. The highest BCUT2D eigenvalue weighted by Crippen LogP contribution is 2.15. The van der Waals surface area contributed by atoms with Gasteiger partial charge in [0.05, 0.1) is 0 Å². The van der Waals surface area contributed by atoms with Gasteiger partial charge in [0.15, 0.2) is 0 Å². The van der Waals surface area contributed by atoms with Gasteiger partial charge in [-0.2, -0.15) is 0 Å². The second kappa shape index (κ2) is 6.03. The van der Waals surface area contributed by atoms with Gasteiger partial charge in [-0.1, -0.05) is 13.8 Å². The third kappa shape index (κ3) is 3.72. The zero-order chi connectivity index (χ0) is 13.0. The van der Waals surface area contributed by atoms with E-state index >= 15 is 0 Å². The van der Waals surface area contributed by atoms with Crippen molar-refractivity contribution in [3.8, 4) is 0 Å². The molecule has 0 bridgehead atoms. The zero-order valence-electron chi connectivity index (χ0n) is 11.4. The van der Waals surface area contributed by atoms with Gasteiger partial charge in [-0.25, -0.2) is 0 Å². The molecule has 2 amide bonds. The first-order valence-corrected chi connectivity index (χ1v) is 6.43. The van der Waals surface area contributed by atoms with Crippen molar-refractivity contribution in [2.45, 2.75) is 33.1 Å². The molecular formula is C13H24N2O2. The highest BCUT2D eigenvalue weighted by Gasteiger charge is 2.24. The topological polar surface area (TPSA) is 40.6 Å². The van der Waals surface area contributed by atoms with E-state index in [2.05, 4.69) is 0 Å². The van der Waals surface area contributed by atoms with Crippen LogP contribution in [0.5, 0.6) is 0 Å². The van der Waals surface area contributed by atoms with Crippen molar-refractivity contribution in [1.82, 2.24) is 9.80 Å². The second-order valence-corrected chi connectivity index (χ2v) is 5.25. The van der Waals surface area contributed by atoms with E-state index in [1.165, 1.54) is 6.42 Å². The Bertz CT molecular complexity index is 267. The Morgan fingerprint density at radius 1 is 0.882 bits per heavy atom. The lowest BCUT2D eigenvalue weighted by Gasteiger charge is -2.26. The molecule has 2 saturated heterocycles. The fourth-order valence-corrected chi connectivity index (χ4v) is 2.24. The third-order valence-electron chi connectivity index (χ3n) is 3.62. The van der Waals surface area contributed by atoms with Crippen LogP contribution in [0.15, 0.2) is 0 Å². The monoisotopic (exact) mass is 240 g/mol. The highest BCUT2D eigenvalue weighted by atomic mass is 16.2. The molecule has 17 heavy (non-hydrogen) atoms. The molecule has 98 valence electrons. The number of likely N-dealkylation sites (tertiary alicyclic amines) is 2. The largest absolute Gasteiger partial charge is 0.346 e. The van der Waals surface area contributed by atoms with E-state index in [1.807, 2.05) is 32.8 Å². The van der Waals surface area contributed by atoms with Crippen molar-refractivity contribution < 1.29 is 9.59 Å². The Balaban J connectivity index is 0.000000171. The van der Waals surface area contributed by atoms with Crippen LogP contribution in [0, 0.1) is 11.8 Å². The molecule has 2 atom stereocenters. The van der Waals surface area contributed by atoms with Crippen LogP contribution in [-0.4, -0.2) is 48.8 Å². The van der Waals surface area contributed by atoms with E-state index in [1.54, 1.807) is 4.90 Å². The molecule has 0 aromatic rings. The van der Waals surface area contributed by atoms with Gasteiger partial charge >= 0.3 is 0 Å². The molecule has 2 fully saturated rings. The van der Waals surface area contributed by atoms with Crippen LogP contribution in [0.2, 0.25) is 0 Å². The summed E-state index contributed by atoms with van der Waals surface area (Å²) in [6.45, 7) is 5.87. The maximum absolute atomic E-state index is 11.1. The second-order valence-electron chi connectivity index (χ2n) is 5.25. The van der Waals surface area contributed by atoms with Crippen molar-refractivity contribution in [3.63, 3.8) is 0 Å². The molecule has 0 radical (unpaired) electrons. The van der Waals surface area contributed by atoms with Crippen LogP contribution in [0.25, 0.3) is 0 Å². The Morgan fingerprint density at radius 3 is 1.65 bits per heavy atom. The molecular weight excluding hydrogens is 216 g/mol. The van der Waals surface area contributed by atoms with Crippen molar-refractivity contribution in [2.75, 3.05) is 27.2 Å². The summed E-state index contributed by atoms with van der Waals surface area (Å²) in [5, 5.41) is 0. The zero-order valence-corrected chi connectivity index (χ0v) is 11.4. The Morgan fingerprint density at radius 2 is 1.35 bits per heavy atom. The molecule has 0 unspecified atom stereocenters. The summed E-state index contributed by atoms with van der Waals surface area (Å²) in [4.78, 5) is 25.5. The van der Waals surface area contributed by atoms with Crippen LogP contribution < -0.4 is 0 Å². The Kier molecular flexibility index (Phi) is 4.97. The molecule has 4 nitrogen and oxygen atoms in total. The standard InChI is InChI=1S/C7H13NO.C6H11NO/c1-6-4-3-5-8(2)7(6)9;1-5-3-4-7(2)6(5)8/h6H,3-5H2,1-2H3;5H,3-4H2,1-2H3/t6-;5-/m00/s1. The van der Waals surface area contributed by atoms with Crippen LogP contribution >= 0.6 is 0 Å². The van der Waals surface area contributed by atoms with Gasteiger partial charge in [0, 0.05) is 39.0 Å². The molecule has 0 saturated carbocycles. The first kappa shape index (κ1) is 14.0. The quantitative estimate of drug-likeness (QED) is 0.641. The van der Waals surface area contributed by atoms with Gasteiger partial charge < -0.3 is 9.80 Å². The van der Waals surface area contributed by atoms with E-state index in [0.29, 0.717) is 11.8 Å². The highest BCUT2D eigenvalue weighted by molar-refractivity contribution is 5.80. The van der Waals surface area contributed by atoms with Crippen molar-refractivity contribution in [1.29, 1.82) is 0 Å². The first-order valence-electron chi connectivity index (χ1n) is 6.43. The molecule has 0 aliphatic carbocycles. The Hall–Kier alpha value is -1.06. The predicted molar refractivity (Wildman–Crippen MR) is 67.5 cm³/mol. The number of hydrogen-bond acceptors (Lipinski definition) is 2. The fraction of sp³-hybridized carbons (Fsp3) is 0.846. The smallest absolute Gasteiger partial charge is 0.225 e. The summed E-state index contributed by atoms with van der Waals surface area (Å²) >= 11 is 0. The number of amides is 2. The lowest BCUT2D eigenvalue weighted by Crippen LogP contribution is -2.36. The van der Waals surface area contributed by atoms with Crippen molar-refractivity contribution in [2.24, 2.45) is 11.8 Å². The van der Waals surface area contributed by atoms with Gasteiger partial charge in [-0.3, -0.25) is 9.59 Å². The molecule has 2 heterocycles. The van der Waals surface area contributed by atoms with E-state index in [0.717, 1.165) is 25.9 Å². The number of nitrogens with zero attached hydrogens (tertiary/aromatic N) is 2. The minimum Gasteiger partial charge on any atom is -0.346 e. The minimum absolute atomic E-state index is 0.267. The first-order chi connectivity index (χ1) is 7.93. The van der Waals surface area contributed by atoms with Crippen LogP contribution in [0.4, 0.5) is 0 Å². The summed E-state index contributed by atoms with van der Waals surface area (Å²) in [5.74, 6) is 1.15. The van der Waals surface area contributed by atoms with E-state index in [9.17, 15) is 9.59 Å². The van der Waals surface area contributed by atoms with Gasteiger partial charge in [-0.05, 0) is 19.3 Å². The lowest BCUT2D eigenvalue weighted by molar-refractivity contribution is -0.136. The molecule has 2 aliphatic heterocycles. The summed E-state index contributed by atoms with van der Waals surface area (Å²) in [6, 6.07) is 0. The predicted octanol–water partition coefficient (Wildman–Crippen LogP) is 1.36. The number of rotatable bonds is 0. The van der Waals surface area contributed by atoms with Gasteiger partial charge in [-0.15, -0.1) is 0 Å². The van der Waals surface area contributed by atoms with Crippen molar-refractivity contribution in [3.05, 3.63) is 0 Å². The number of piperidine rings is 1. The molecule has 0 aromatic heterocycles. The molecule has 2 aliphatic rings. The molecule has 2 rings (SSSR count). The summed E-state index contributed by atoms with van der Waals surface area (Å²) < 4.78 is 0. The third-order valence-corrected chi connectivity index (χ3v) is 3.62. The van der Waals surface area contributed by atoms with Gasteiger partial charge in [0.25, 0.3) is 0 Å². The SMILES string of the molecule is C[C@H]1CCCN(C)C1=O.C[C@H]1CCN(C)C1=O. The average molecular weight is 240 g/mol. The van der Waals surface area contributed by atoms with E-state index in [-0.39, 0.29) is 11.8 Å². The van der Waals surface area contributed by atoms with E-state index in [4.69, 9.17) is 0 Å². The average Bonchev–Trinajstić information content (AvgIpc) is 2.58. The summed E-state index contributed by atoms with van der Waals surface area (Å²) in [7, 11) is 3.73.